The highest BCUT2D eigenvalue weighted by molar-refractivity contribution is 7.88. The quantitative estimate of drug-likeness (QED) is 0.781. The largest absolute Gasteiger partial charge is 0.366 e. The van der Waals surface area contributed by atoms with Crippen LogP contribution in [-0.2, 0) is 26.3 Å². The van der Waals surface area contributed by atoms with Crippen LogP contribution >= 0.6 is 0 Å². The predicted octanol–water partition coefficient (Wildman–Crippen LogP) is 3.27. The molecule has 7 heteroatoms. The van der Waals surface area contributed by atoms with Gasteiger partial charge in [0.1, 0.15) is 5.78 Å². The first-order valence-electron chi connectivity index (χ1n) is 9.57. The SMILES string of the molecule is CC(=O)N(c1ccc2c(c1)CC[C@@H]1[C@@H]2CC[C@]2(C)C(=O)CC[C@@H]12)S(=O)(=O)O. The third-order valence-electron chi connectivity index (χ3n) is 7.17. The van der Waals surface area contributed by atoms with E-state index in [1.165, 1.54) is 5.56 Å². The highest BCUT2D eigenvalue weighted by Gasteiger charge is 2.54. The summed E-state index contributed by atoms with van der Waals surface area (Å²) in [6.45, 7) is 3.25. The Morgan fingerprint density at radius 2 is 1.96 bits per heavy atom. The molecule has 0 aliphatic heterocycles. The molecule has 146 valence electrons. The minimum atomic E-state index is -4.65. The third-order valence-corrected chi connectivity index (χ3v) is 8.10. The van der Waals surface area contributed by atoms with Gasteiger partial charge >= 0.3 is 10.3 Å². The van der Waals surface area contributed by atoms with Crippen LogP contribution in [0.15, 0.2) is 18.2 Å². The van der Waals surface area contributed by atoms with Crippen LogP contribution in [0.3, 0.4) is 0 Å². The summed E-state index contributed by atoms with van der Waals surface area (Å²) in [5, 5.41) is 0. The van der Waals surface area contributed by atoms with Crippen LogP contribution in [0.25, 0.3) is 0 Å². The van der Waals surface area contributed by atoms with E-state index >= 15 is 0 Å². The van der Waals surface area contributed by atoms with Crippen molar-refractivity contribution in [1.82, 2.24) is 0 Å². The Kier molecular flexibility index (Phi) is 4.23. The molecule has 1 aromatic rings. The maximum absolute atomic E-state index is 12.4. The fraction of sp³-hybridized carbons (Fsp3) is 0.600. The molecule has 1 N–H and O–H groups in total. The van der Waals surface area contributed by atoms with Crippen LogP contribution in [0.4, 0.5) is 5.69 Å². The number of ketones is 1. The molecule has 0 heterocycles. The molecule has 6 nitrogen and oxygen atoms in total. The van der Waals surface area contributed by atoms with Crippen LogP contribution in [0, 0.1) is 17.3 Å². The Morgan fingerprint density at radius 1 is 1.22 bits per heavy atom. The minimum absolute atomic E-state index is 0.172. The lowest BCUT2D eigenvalue weighted by Gasteiger charge is -2.48. The molecule has 0 aromatic heterocycles. The van der Waals surface area contributed by atoms with Gasteiger partial charge in [0.2, 0.25) is 5.91 Å². The second-order valence-corrected chi connectivity index (χ2v) is 9.74. The molecule has 0 radical (unpaired) electrons. The van der Waals surface area contributed by atoms with Gasteiger partial charge < -0.3 is 0 Å². The summed E-state index contributed by atoms with van der Waals surface area (Å²) in [7, 11) is -4.65. The maximum Gasteiger partial charge on any atom is 0.366 e. The Balaban J connectivity index is 1.69. The monoisotopic (exact) mass is 391 g/mol. The average Bonchev–Trinajstić information content (AvgIpc) is 2.88. The standard InChI is InChI=1S/C20H25NO5S/c1-12(22)21(27(24,25)26)14-4-6-15-13(11-14)3-5-17-16(15)9-10-20(2)18(17)7-8-19(20)23/h4,6,11,16-18H,3,5,7-10H2,1-2H3,(H,24,25,26)/t16-,17-,18+,20+/m1/s1. The highest BCUT2D eigenvalue weighted by Crippen LogP contribution is 2.59. The van der Waals surface area contributed by atoms with Crippen molar-refractivity contribution in [1.29, 1.82) is 0 Å². The Bertz CT molecular complexity index is 924. The average molecular weight is 391 g/mol. The van der Waals surface area contributed by atoms with Crippen molar-refractivity contribution in [2.45, 2.75) is 58.3 Å². The van der Waals surface area contributed by atoms with Crippen molar-refractivity contribution >= 4 is 27.7 Å². The van der Waals surface area contributed by atoms with E-state index in [0.29, 0.717) is 34.3 Å². The van der Waals surface area contributed by atoms with Gasteiger partial charge in [0.05, 0.1) is 5.69 Å². The van der Waals surface area contributed by atoms with E-state index < -0.39 is 16.2 Å². The van der Waals surface area contributed by atoms with Crippen LogP contribution in [-0.4, -0.2) is 24.7 Å². The Labute approximate surface area is 159 Å². The van der Waals surface area contributed by atoms with Crippen molar-refractivity contribution in [2.24, 2.45) is 17.3 Å². The predicted molar refractivity (Wildman–Crippen MR) is 101 cm³/mol. The number of amides is 1. The normalized spacial score (nSPS) is 32.4. The summed E-state index contributed by atoms with van der Waals surface area (Å²) in [5.41, 5.74) is 2.25. The zero-order chi connectivity index (χ0) is 19.6. The molecule has 3 aliphatic rings. The number of hydrogen-bond donors (Lipinski definition) is 1. The smallest absolute Gasteiger partial charge is 0.299 e. The first kappa shape index (κ1) is 18.6. The second-order valence-electron chi connectivity index (χ2n) is 8.48. The van der Waals surface area contributed by atoms with Crippen molar-refractivity contribution in [3.8, 4) is 0 Å². The van der Waals surface area contributed by atoms with Crippen LogP contribution in [0.5, 0.6) is 0 Å². The number of carbonyl (C=O) groups excluding carboxylic acids is 2. The number of carbonyl (C=O) groups is 2. The zero-order valence-corrected chi connectivity index (χ0v) is 16.5. The molecule has 0 unspecified atom stereocenters. The summed E-state index contributed by atoms with van der Waals surface area (Å²) in [6, 6.07) is 5.22. The number of aryl methyl sites for hydroxylation is 1. The van der Waals surface area contributed by atoms with Gasteiger partial charge in [0, 0.05) is 18.8 Å². The third kappa shape index (κ3) is 2.83. The van der Waals surface area contributed by atoms with E-state index in [2.05, 4.69) is 6.92 Å². The number of Topliss-reactive ketones (excluding diaryl/α,β-unsaturated/α-hetero) is 1. The molecule has 0 saturated heterocycles. The van der Waals surface area contributed by atoms with Crippen molar-refractivity contribution in [2.75, 3.05) is 4.31 Å². The lowest BCUT2D eigenvalue weighted by atomic mass is 9.55. The van der Waals surface area contributed by atoms with Crippen molar-refractivity contribution in [3.05, 3.63) is 29.3 Å². The molecular weight excluding hydrogens is 366 g/mol. The van der Waals surface area contributed by atoms with Crippen molar-refractivity contribution < 1.29 is 22.6 Å². The molecule has 4 atom stereocenters. The Hall–Kier alpha value is -1.73. The van der Waals surface area contributed by atoms with E-state index in [1.807, 2.05) is 6.07 Å². The van der Waals surface area contributed by atoms with Gasteiger partial charge in [-0.2, -0.15) is 12.7 Å². The van der Waals surface area contributed by atoms with Crippen LogP contribution in [0.1, 0.15) is 63.0 Å². The molecule has 2 saturated carbocycles. The molecule has 1 amide bonds. The molecule has 4 rings (SSSR count). The zero-order valence-electron chi connectivity index (χ0n) is 15.6. The number of rotatable bonds is 2. The molecule has 27 heavy (non-hydrogen) atoms. The lowest BCUT2D eigenvalue weighted by Crippen LogP contribution is -2.42. The fourth-order valence-electron chi connectivity index (χ4n) is 5.94. The molecule has 3 aliphatic carbocycles. The van der Waals surface area contributed by atoms with Gasteiger partial charge in [-0.3, -0.25) is 14.1 Å². The van der Waals surface area contributed by atoms with Gasteiger partial charge in [-0.15, -0.1) is 0 Å². The highest BCUT2D eigenvalue weighted by atomic mass is 32.2. The van der Waals surface area contributed by atoms with Gasteiger partial charge in [-0.1, -0.05) is 13.0 Å². The number of nitrogens with zero attached hydrogens (tertiary/aromatic N) is 1. The van der Waals surface area contributed by atoms with E-state index in [0.717, 1.165) is 44.6 Å². The first-order chi connectivity index (χ1) is 12.6. The molecular formula is C20H25NO5S. The topological polar surface area (TPSA) is 91.8 Å². The summed E-state index contributed by atoms with van der Waals surface area (Å²) in [5.74, 6) is 0.965. The van der Waals surface area contributed by atoms with Gasteiger partial charge in [-0.25, -0.2) is 0 Å². The van der Waals surface area contributed by atoms with E-state index in [-0.39, 0.29) is 11.1 Å². The number of anilines is 1. The maximum atomic E-state index is 12.4. The summed E-state index contributed by atoms with van der Waals surface area (Å²) in [4.78, 5) is 24.1. The van der Waals surface area contributed by atoms with E-state index in [1.54, 1.807) is 12.1 Å². The van der Waals surface area contributed by atoms with Crippen molar-refractivity contribution in [3.63, 3.8) is 0 Å². The summed E-state index contributed by atoms with van der Waals surface area (Å²) < 4.78 is 33.0. The Morgan fingerprint density at radius 3 is 2.63 bits per heavy atom. The molecule has 1 aromatic carbocycles. The number of benzene rings is 1. The van der Waals surface area contributed by atoms with Gasteiger partial charge in [-0.05, 0) is 73.1 Å². The van der Waals surface area contributed by atoms with Crippen LogP contribution < -0.4 is 4.31 Å². The number of hydrogen-bond acceptors (Lipinski definition) is 4. The molecule has 0 spiro atoms. The number of fused-ring (bicyclic) bond motifs is 5. The van der Waals surface area contributed by atoms with Gasteiger partial charge in [0.25, 0.3) is 0 Å². The molecule has 2 fully saturated rings. The van der Waals surface area contributed by atoms with E-state index in [4.69, 9.17) is 0 Å². The first-order valence-corrected chi connectivity index (χ1v) is 11.0. The lowest BCUT2D eigenvalue weighted by molar-refractivity contribution is -0.129. The summed E-state index contributed by atoms with van der Waals surface area (Å²) >= 11 is 0. The second kappa shape index (κ2) is 6.14. The fourth-order valence-corrected chi connectivity index (χ4v) is 6.65. The van der Waals surface area contributed by atoms with Crippen LogP contribution in [0.2, 0.25) is 0 Å². The minimum Gasteiger partial charge on any atom is -0.299 e. The van der Waals surface area contributed by atoms with E-state index in [9.17, 15) is 22.6 Å². The van der Waals surface area contributed by atoms with Gasteiger partial charge in [0.15, 0.2) is 0 Å². The summed E-state index contributed by atoms with van der Waals surface area (Å²) in [6.07, 6.45) is 5.31. The molecule has 0 bridgehead atoms.